The molecule has 0 radical (unpaired) electrons. The molecule has 1 unspecified atom stereocenters. The maximum absolute atomic E-state index is 12.6. The second-order valence-electron chi connectivity index (χ2n) is 5.95. The molecule has 1 saturated heterocycles. The minimum absolute atomic E-state index is 0.160. The van der Waals surface area contributed by atoms with E-state index in [0.29, 0.717) is 31.1 Å². The van der Waals surface area contributed by atoms with Crippen LogP contribution in [-0.4, -0.2) is 49.5 Å². The number of carbonyl (C=O) groups excluding carboxylic acids is 1. The molecule has 0 spiro atoms. The number of carboxylic acid groups (broad SMARTS) is 1. The number of hydrogen-bond acceptors (Lipinski definition) is 5. The van der Waals surface area contributed by atoms with Crippen molar-refractivity contribution in [2.24, 2.45) is 0 Å². The molecular weight excluding hydrogens is 350 g/mol. The molecule has 25 heavy (non-hydrogen) atoms. The predicted molar refractivity (Wildman–Crippen MR) is 91.7 cm³/mol. The zero-order chi connectivity index (χ0) is 18.4. The van der Waals surface area contributed by atoms with Crippen molar-refractivity contribution < 1.29 is 28.9 Å². The zero-order valence-corrected chi connectivity index (χ0v) is 15.0. The number of amides is 1. The molecule has 2 N–H and O–H groups in total. The average Bonchev–Trinajstić information content (AvgIpc) is 3.00. The molecule has 1 aliphatic heterocycles. The van der Waals surface area contributed by atoms with Crippen molar-refractivity contribution in [1.29, 1.82) is 0 Å². The highest BCUT2D eigenvalue weighted by Gasteiger charge is 2.39. The third kappa shape index (κ3) is 4.76. The third-order valence-corrected chi connectivity index (χ3v) is 4.19. The maximum atomic E-state index is 12.6. The Balaban J connectivity index is 2.23. The summed E-state index contributed by atoms with van der Waals surface area (Å²) in [4.78, 5) is 23.7. The number of carbonyl (C=O) groups is 2. The molecule has 0 bridgehead atoms. The number of ether oxygens (including phenoxy) is 3. The first kappa shape index (κ1) is 19.3. The summed E-state index contributed by atoms with van der Waals surface area (Å²) in [5.74, 6) is -0.702. The molecule has 0 saturated carbocycles. The molecule has 1 aliphatic rings. The average molecular weight is 372 g/mol. The number of benzene rings is 1. The van der Waals surface area contributed by atoms with Crippen molar-refractivity contribution in [3.63, 3.8) is 0 Å². The Kier molecular flexibility index (Phi) is 6.50. The third-order valence-electron chi connectivity index (χ3n) is 3.91. The van der Waals surface area contributed by atoms with Crippen molar-refractivity contribution in [1.82, 2.24) is 5.32 Å². The number of carboxylic acids is 1. The van der Waals surface area contributed by atoms with Crippen LogP contribution in [0.4, 0.5) is 0 Å². The van der Waals surface area contributed by atoms with E-state index in [1.165, 1.54) is 19.2 Å². The van der Waals surface area contributed by atoms with E-state index in [9.17, 15) is 9.59 Å². The van der Waals surface area contributed by atoms with Crippen molar-refractivity contribution in [3.05, 3.63) is 22.7 Å². The molecule has 1 aromatic rings. The molecule has 0 aromatic heterocycles. The Morgan fingerprint density at radius 2 is 2.20 bits per heavy atom. The molecule has 2 rings (SSSR count). The number of halogens is 1. The van der Waals surface area contributed by atoms with Gasteiger partial charge in [0.15, 0.2) is 11.5 Å². The molecule has 1 atom stereocenters. The van der Waals surface area contributed by atoms with Crippen LogP contribution >= 0.6 is 11.6 Å². The van der Waals surface area contributed by atoms with Gasteiger partial charge in [-0.05, 0) is 25.0 Å². The van der Waals surface area contributed by atoms with Gasteiger partial charge in [-0.25, -0.2) is 0 Å². The lowest BCUT2D eigenvalue weighted by molar-refractivity contribution is -0.138. The van der Waals surface area contributed by atoms with Crippen molar-refractivity contribution in [2.75, 3.05) is 26.9 Å². The summed E-state index contributed by atoms with van der Waals surface area (Å²) in [6, 6.07) is 3.01. The van der Waals surface area contributed by atoms with Crippen LogP contribution in [0.15, 0.2) is 12.1 Å². The van der Waals surface area contributed by atoms with Crippen LogP contribution in [0, 0.1) is 0 Å². The van der Waals surface area contributed by atoms with Gasteiger partial charge in [0.25, 0.3) is 5.91 Å². The fourth-order valence-electron chi connectivity index (χ4n) is 2.69. The first-order valence-corrected chi connectivity index (χ1v) is 8.41. The number of hydrogen-bond donors (Lipinski definition) is 2. The van der Waals surface area contributed by atoms with Crippen LogP contribution in [0.3, 0.4) is 0 Å². The topological polar surface area (TPSA) is 94.1 Å². The molecule has 8 heteroatoms. The highest BCUT2D eigenvalue weighted by Crippen LogP contribution is 2.37. The summed E-state index contributed by atoms with van der Waals surface area (Å²) in [5.41, 5.74) is -0.651. The molecule has 7 nitrogen and oxygen atoms in total. The Bertz CT molecular complexity index is 642. The van der Waals surface area contributed by atoms with Crippen molar-refractivity contribution >= 4 is 23.5 Å². The SMILES string of the molecule is CCCOc1c(Cl)cc(C(=O)NC2(CC(=O)O)CCOC2)cc1OC. The number of nitrogens with one attached hydrogen (secondary N) is 1. The Hall–Kier alpha value is -1.99. The van der Waals surface area contributed by atoms with Crippen LogP contribution in [0.1, 0.15) is 36.5 Å². The van der Waals surface area contributed by atoms with Gasteiger partial charge in [0.1, 0.15) is 0 Å². The normalized spacial score (nSPS) is 19.5. The zero-order valence-electron chi connectivity index (χ0n) is 14.3. The number of aliphatic carboxylic acids is 1. The molecule has 0 aliphatic carbocycles. The van der Waals surface area contributed by atoms with Gasteiger partial charge in [0, 0.05) is 12.2 Å². The van der Waals surface area contributed by atoms with Crippen LogP contribution < -0.4 is 14.8 Å². The Morgan fingerprint density at radius 3 is 2.76 bits per heavy atom. The highest BCUT2D eigenvalue weighted by atomic mass is 35.5. The maximum Gasteiger partial charge on any atom is 0.305 e. The number of methoxy groups -OCH3 is 1. The summed E-state index contributed by atoms with van der Waals surface area (Å²) >= 11 is 6.22. The van der Waals surface area contributed by atoms with Gasteiger partial charge >= 0.3 is 5.97 Å². The monoisotopic (exact) mass is 371 g/mol. The highest BCUT2D eigenvalue weighted by molar-refractivity contribution is 6.32. The van der Waals surface area contributed by atoms with E-state index >= 15 is 0 Å². The lowest BCUT2D eigenvalue weighted by Gasteiger charge is -2.27. The summed E-state index contributed by atoms with van der Waals surface area (Å²) in [7, 11) is 1.46. The van der Waals surface area contributed by atoms with Gasteiger partial charge in [-0.2, -0.15) is 0 Å². The number of rotatable bonds is 8. The van der Waals surface area contributed by atoms with E-state index in [1.54, 1.807) is 0 Å². The summed E-state index contributed by atoms with van der Waals surface area (Å²) in [6.45, 7) is 3.00. The molecule has 1 amide bonds. The van der Waals surface area contributed by atoms with Gasteiger partial charge in [-0.15, -0.1) is 0 Å². The van der Waals surface area contributed by atoms with Crippen LogP contribution in [-0.2, 0) is 9.53 Å². The second-order valence-corrected chi connectivity index (χ2v) is 6.35. The van der Waals surface area contributed by atoms with Gasteiger partial charge in [0.05, 0.1) is 37.3 Å². The smallest absolute Gasteiger partial charge is 0.305 e. The first-order valence-electron chi connectivity index (χ1n) is 8.03. The summed E-state index contributed by atoms with van der Waals surface area (Å²) in [6.07, 6.45) is 1.04. The molecule has 1 heterocycles. The Labute approximate surface area is 151 Å². The van der Waals surface area contributed by atoms with Gasteiger partial charge in [-0.1, -0.05) is 18.5 Å². The molecule has 1 aromatic carbocycles. The van der Waals surface area contributed by atoms with Crippen LogP contribution in [0.25, 0.3) is 0 Å². The quantitative estimate of drug-likeness (QED) is 0.729. The minimum Gasteiger partial charge on any atom is -0.493 e. The standard InChI is InChI=1S/C17H22ClNO6/c1-3-5-25-15-12(18)7-11(8-13(15)23-2)16(22)19-17(9-14(20)21)4-6-24-10-17/h7-8H,3-6,9-10H2,1-2H3,(H,19,22)(H,20,21). The van der Waals surface area contributed by atoms with Crippen molar-refractivity contribution in [3.8, 4) is 11.5 Å². The van der Waals surface area contributed by atoms with Crippen LogP contribution in [0.5, 0.6) is 11.5 Å². The second kappa shape index (κ2) is 8.40. The fourth-order valence-corrected chi connectivity index (χ4v) is 2.95. The van der Waals surface area contributed by atoms with E-state index in [0.717, 1.165) is 6.42 Å². The lowest BCUT2D eigenvalue weighted by atomic mass is 9.93. The van der Waals surface area contributed by atoms with E-state index in [1.807, 2.05) is 6.92 Å². The van der Waals surface area contributed by atoms with Gasteiger partial charge < -0.3 is 24.6 Å². The lowest BCUT2D eigenvalue weighted by Crippen LogP contribution is -2.50. The van der Waals surface area contributed by atoms with E-state index in [4.69, 9.17) is 30.9 Å². The molecule has 138 valence electrons. The van der Waals surface area contributed by atoms with E-state index < -0.39 is 17.4 Å². The Morgan fingerprint density at radius 1 is 1.44 bits per heavy atom. The summed E-state index contributed by atoms with van der Waals surface area (Å²) < 4.78 is 16.1. The van der Waals surface area contributed by atoms with E-state index in [2.05, 4.69) is 5.32 Å². The molecule has 1 fully saturated rings. The van der Waals surface area contributed by atoms with Gasteiger partial charge in [-0.3, -0.25) is 9.59 Å². The predicted octanol–water partition coefficient (Wildman–Crippen LogP) is 2.50. The van der Waals surface area contributed by atoms with E-state index in [-0.39, 0.29) is 23.6 Å². The van der Waals surface area contributed by atoms with Crippen LogP contribution in [0.2, 0.25) is 5.02 Å². The largest absolute Gasteiger partial charge is 0.493 e. The summed E-state index contributed by atoms with van der Waals surface area (Å²) in [5, 5.41) is 12.1. The van der Waals surface area contributed by atoms with Gasteiger partial charge in [0.2, 0.25) is 0 Å². The fraction of sp³-hybridized carbons (Fsp3) is 0.529. The van der Waals surface area contributed by atoms with Crippen molar-refractivity contribution in [2.45, 2.75) is 31.7 Å². The molecular formula is C17H22ClNO6. The first-order chi connectivity index (χ1) is 11.9. The minimum atomic E-state index is -0.996.